The first-order valence-corrected chi connectivity index (χ1v) is 18.4. The highest BCUT2D eigenvalue weighted by molar-refractivity contribution is 6.17. The van der Waals surface area contributed by atoms with Crippen molar-refractivity contribution in [3.63, 3.8) is 0 Å². The third-order valence-electron chi connectivity index (χ3n) is 10.5. The summed E-state index contributed by atoms with van der Waals surface area (Å²) in [7, 11) is 0. The molecule has 5 nitrogen and oxygen atoms in total. The highest BCUT2D eigenvalue weighted by Gasteiger charge is 2.25. The fourth-order valence-corrected chi connectivity index (χ4v) is 7.89. The van der Waals surface area contributed by atoms with Gasteiger partial charge in [0.2, 0.25) is 0 Å². The molecule has 11 aromatic rings. The molecule has 0 saturated heterocycles. The second kappa shape index (κ2) is 12.6. The van der Waals surface area contributed by atoms with E-state index in [4.69, 9.17) is 18.8 Å². The molecular formula is C50H31N3O2. The molecular weight excluding hydrogens is 675 g/mol. The molecule has 0 unspecified atom stereocenters. The van der Waals surface area contributed by atoms with Gasteiger partial charge in [0.1, 0.15) is 16.7 Å². The van der Waals surface area contributed by atoms with Crippen LogP contribution in [0.1, 0.15) is 0 Å². The smallest absolute Gasteiger partial charge is 0.160 e. The van der Waals surface area contributed by atoms with E-state index in [0.29, 0.717) is 0 Å². The van der Waals surface area contributed by atoms with Gasteiger partial charge in [0, 0.05) is 44.4 Å². The number of furan rings is 2. The van der Waals surface area contributed by atoms with Crippen LogP contribution in [0.25, 0.3) is 88.6 Å². The van der Waals surface area contributed by atoms with Gasteiger partial charge in [-0.2, -0.15) is 0 Å². The zero-order chi connectivity index (χ0) is 36.3. The molecule has 11 rings (SSSR count). The minimum Gasteiger partial charge on any atom is -0.456 e. The van der Waals surface area contributed by atoms with E-state index in [1.165, 1.54) is 5.56 Å². The molecule has 0 N–H and O–H groups in total. The van der Waals surface area contributed by atoms with Crippen molar-refractivity contribution in [1.29, 1.82) is 0 Å². The van der Waals surface area contributed by atoms with Crippen LogP contribution in [0.3, 0.4) is 0 Å². The molecule has 0 aliphatic carbocycles. The highest BCUT2D eigenvalue weighted by atomic mass is 16.3. The summed E-state index contributed by atoms with van der Waals surface area (Å²) in [6.45, 7) is 0. The molecule has 8 aromatic carbocycles. The molecule has 0 radical (unpaired) electrons. The van der Waals surface area contributed by atoms with Crippen molar-refractivity contribution in [2.75, 3.05) is 4.90 Å². The van der Waals surface area contributed by atoms with Gasteiger partial charge in [0.25, 0.3) is 0 Å². The molecule has 0 amide bonds. The Balaban J connectivity index is 1.16. The summed E-state index contributed by atoms with van der Waals surface area (Å²) in [4.78, 5) is 12.9. The van der Waals surface area contributed by atoms with E-state index in [2.05, 4.69) is 126 Å². The second-order valence-corrected chi connectivity index (χ2v) is 13.7. The number of para-hydroxylation sites is 5. The van der Waals surface area contributed by atoms with Crippen molar-refractivity contribution in [3.05, 3.63) is 188 Å². The average molecular weight is 706 g/mol. The number of hydrogen-bond acceptors (Lipinski definition) is 5. The predicted octanol–water partition coefficient (Wildman–Crippen LogP) is 13.9. The Morgan fingerprint density at radius 1 is 0.382 bits per heavy atom. The summed E-state index contributed by atoms with van der Waals surface area (Å²) in [6, 6.07) is 64.7. The number of benzene rings is 8. The minimum atomic E-state index is 0.757. The predicted molar refractivity (Wildman–Crippen MR) is 225 cm³/mol. The first-order valence-electron chi connectivity index (χ1n) is 18.4. The molecule has 258 valence electrons. The molecule has 3 heterocycles. The van der Waals surface area contributed by atoms with Crippen LogP contribution in [0.5, 0.6) is 0 Å². The van der Waals surface area contributed by atoms with Gasteiger partial charge in [-0.1, -0.05) is 121 Å². The lowest BCUT2D eigenvalue weighted by molar-refractivity contribution is 0.667. The summed E-state index contributed by atoms with van der Waals surface area (Å²) in [5.41, 5.74) is 13.6. The van der Waals surface area contributed by atoms with Crippen LogP contribution < -0.4 is 4.90 Å². The molecule has 0 atom stereocenters. The van der Waals surface area contributed by atoms with Gasteiger partial charge in [-0.15, -0.1) is 0 Å². The summed E-state index contributed by atoms with van der Waals surface area (Å²) in [5.74, 6) is 0. The SMILES string of the molecule is c1ccc(-c2ccc(-c3nc4ccccc4nc3-c3ccc(N(c4ccccc4)c4ccc5c(c4)oc4ccccc45)c4oc5ccccc5c34)cc2)cc1. The Hall–Kier alpha value is -7.50. The van der Waals surface area contributed by atoms with Crippen LogP contribution >= 0.6 is 0 Å². The van der Waals surface area contributed by atoms with Gasteiger partial charge < -0.3 is 13.7 Å². The summed E-state index contributed by atoms with van der Waals surface area (Å²) in [5, 5.41) is 4.16. The van der Waals surface area contributed by atoms with Crippen LogP contribution in [0, 0.1) is 0 Å². The third-order valence-corrected chi connectivity index (χ3v) is 10.5. The van der Waals surface area contributed by atoms with E-state index < -0.39 is 0 Å². The van der Waals surface area contributed by atoms with Crippen LogP contribution in [-0.2, 0) is 0 Å². The van der Waals surface area contributed by atoms with Gasteiger partial charge in [0.15, 0.2) is 5.58 Å². The van der Waals surface area contributed by atoms with Crippen molar-refractivity contribution in [1.82, 2.24) is 9.97 Å². The van der Waals surface area contributed by atoms with Gasteiger partial charge in [-0.25, -0.2) is 9.97 Å². The van der Waals surface area contributed by atoms with E-state index in [1.54, 1.807) is 0 Å². The molecule has 55 heavy (non-hydrogen) atoms. The lowest BCUT2D eigenvalue weighted by atomic mass is 9.96. The molecule has 0 bridgehead atoms. The highest BCUT2D eigenvalue weighted by Crippen LogP contribution is 2.47. The molecule has 0 fully saturated rings. The lowest BCUT2D eigenvalue weighted by Gasteiger charge is -2.26. The summed E-state index contributed by atoms with van der Waals surface area (Å²) in [6.07, 6.45) is 0. The Bertz CT molecular complexity index is 3200. The quantitative estimate of drug-likeness (QED) is 0.172. The van der Waals surface area contributed by atoms with Gasteiger partial charge in [-0.3, -0.25) is 0 Å². The molecule has 0 aliphatic heterocycles. The zero-order valence-corrected chi connectivity index (χ0v) is 29.6. The number of fused-ring (bicyclic) bond motifs is 7. The lowest BCUT2D eigenvalue weighted by Crippen LogP contribution is -2.10. The first kappa shape index (κ1) is 31.1. The van der Waals surface area contributed by atoms with Crippen molar-refractivity contribution in [2.24, 2.45) is 0 Å². The van der Waals surface area contributed by atoms with Gasteiger partial charge in [-0.05, 0) is 71.8 Å². The first-order chi connectivity index (χ1) is 27.3. The van der Waals surface area contributed by atoms with Crippen LogP contribution in [-0.4, -0.2) is 9.97 Å². The summed E-state index contributed by atoms with van der Waals surface area (Å²) < 4.78 is 13.3. The van der Waals surface area contributed by atoms with Crippen molar-refractivity contribution >= 4 is 72.0 Å². The standard InChI is InChI=1S/C50H31N3O2/c1-3-13-32(14-4-1)33-23-25-34(26-24-33)48-49(52-42-20-10-9-19-41(42)51-48)40-29-30-43(50-47(40)39-18-8-12-22-45(39)55-50)53(35-15-5-2-6-16-35)36-27-28-38-37-17-7-11-21-44(37)54-46(38)31-36/h1-31H. The Morgan fingerprint density at radius 2 is 0.964 bits per heavy atom. The van der Waals surface area contributed by atoms with E-state index in [0.717, 1.165) is 100 Å². The minimum absolute atomic E-state index is 0.757. The molecule has 0 spiro atoms. The van der Waals surface area contributed by atoms with Crippen LogP contribution in [0.2, 0.25) is 0 Å². The fourth-order valence-electron chi connectivity index (χ4n) is 7.89. The molecule has 3 aromatic heterocycles. The molecule has 5 heteroatoms. The van der Waals surface area contributed by atoms with E-state index in [-0.39, 0.29) is 0 Å². The molecule has 0 saturated carbocycles. The number of nitrogens with zero attached hydrogens (tertiary/aromatic N) is 3. The topological polar surface area (TPSA) is 55.3 Å². The van der Waals surface area contributed by atoms with Crippen molar-refractivity contribution < 1.29 is 8.83 Å². The largest absolute Gasteiger partial charge is 0.456 e. The van der Waals surface area contributed by atoms with E-state index in [9.17, 15) is 0 Å². The van der Waals surface area contributed by atoms with E-state index >= 15 is 0 Å². The maximum Gasteiger partial charge on any atom is 0.160 e. The second-order valence-electron chi connectivity index (χ2n) is 13.7. The zero-order valence-electron chi connectivity index (χ0n) is 29.6. The number of rotatable bonds is 6. The maximum atomic E-state index is 6.89. The Kier molecular flexibility index (Phi) is 7.10. The van der Waals surface area contributed by atoms with Crippen molar-refractivity contribution in [3.8, 4) is 33.6 Å². The van der Waals surface area contributed by atoms with E-state index in [1.807, 2.05) is 66.7 Å². The Labute approximate surface area is 316 Å². The monoisotopic (exact) mass is 705 g/mol. The Morgan fingerprint density at radius 3 is 1.73 bits per heavy atom. The van der Waals surface area contributed by atoms with Crippen LogP contribution in [0.15, 0.2) is 197 Å². The van der Waals surface area contributed by atoms with Gasteiger partial charge in [0.05, 0.1) is 33.8 Å². The number of anilines is 3. The normalized spacial score (nSPS) is 11.6. The maximum absolute atomic E-state index is 6.89. The van der Waals surface area contributed by atoms with Crippen molar-refractivity contribution in [2.45, 2.75) is 0 Å². The fraction of sp³-hybridized carbons (Fsp3) is 0. The third kappa shape index (κ3) is 5.17. The molecule has 0 aliphatic rings. The summed E-state index contributed by atoms with van der Waals surface area (Å²) >= 11 is 0. The number of hydrogen-bond donors (Lipinski definition) is 0. The van der Waals surface area contributed by atoms with Gasteiger partial charge >= 0.3 is 0 Å². The average Bonchev–Trinajstić information content (AvgIpc) is 3.83. The van der Waals surface area contributed by atoms with Crippen LogP contribution in [0.4, 0.5) is 17.1 Å². The number of aromatic nitrogens is 2.